The quantitative estimate of drug-likeness (QED) is 0.733. The molecule has 0 radical (unpaired) electrons. The van der Waals surface area contributed by atoms with Gasteiger partial charge in [-0.1, -0.05) is 6.07 Å². The molecule has 2 aliphatic rings. The van der Waals surface area contributed by atoms with Gasteiger partial charge in [-0.2, -0.15) is 0 Å². The third kappa shape index (κ3) is 6.23. The number of carbonyl (C=O) groups is 1. The minimum Gasteiger partial charge on any atom is -0.486 e. The monoisotopic (exact) mass is 439 g/mol. The number of ether oxygens (including phenoxy) is 2. The molecule has 1 amide bonds. The molecule has 0 bridgehead atoms. The second-order valence-electron chi connectivity index (χ2n) is 7.05. The molecule has 0 aliphatic carbocycles. The van der Waals surface area contributed by atoms with E-state index in [4.69, 9.17) is 9.47 Å². The maximum atomic E-state index is 12.3. The van der Waals surface area contributed by atoms with Crippen molar-refractivity contribution in [3.63, 3.8) is 0 Å². The number of rotatable bonds is 5. The minimum absolute atomic E-state index is 0. The van der Waals surface area contributed by atoms with Gasteiger partial charge in [-0.15, -0.1) is 24.8 Å². The number of aromatic nitrogens is 1. The summed E-state index contributed by atoms with van der Waals surface area (Å²) in [7, 11) is 0. The standard InChI is InChI=1S/C21H25N3O3.2ClH/c25-21(7-4-15-8-10-22-11-9-15)24-20-3-1-2-17(23-20)16-5-6-18-19(14-16)27-13-12-26-18;;/h1-3,5-6,14-15,22H,4,7-13H2,(H,23,24,25);2*1H. The van der Waals surface area contributed by atoms with Crippen molar-refractivity contribution in [1.29, 1.82) is 0 Å². The molecule has 1 aromatic heterocycles. The number of pyridine rings is 1. The van der Waals surface area contributed by atoms with Crippen LogP contribution in [0.5, 0.6) is 11.5 Å². The van der Waals surface area contributed by atoms with Crippen molar-refractivity contribution in [2.45, 2.75) is 25.7 Å². The molecule has 2 aliphatic heterocycles. The number of amides is 1. The van der Waals surface area contributed by atoms with Crippen LogP contribution in [0.4, 0.5) is 5.82 Å². The summed E-state index contributed by atoms with van der Waals surface area (Å²) in [5, 5.41) is 6.29. The summed E-state index contributed by atoms with van der Waals surface area (Å²) in [5.74, 6) is 2.75. The van der Waals surface area contributed by atoms with Gasteiger partial charge in [0.05, 0.1) is 5.69 Å². The number of anilines is 1. The first-order chi connectivity index (χ1) is 13.3. The molecule has 0 spiro atoms. The number of halogens is 2. The van der Waals surface area contributed by atoms with E-state index in [9.17, 15) is 4.79 Å². The van der Waals surface area contributed by atoms with Crippen molar-refractivity contribution in [3.8, 4) is 22.8 Å². The maximum absolute atomic E-state index is 12.3. The van der Waals surface area contributed by atoms with E-state index >= 15 is 0 Å². The summed E-state index contributed by atoms with van der Waals surface area (Å²) in [6.07, 6.45) is 3.80. The van der Waals surface area contributed by atoms with Gasteiger partial charge in [0.2, 0.25) is 5.91 Å². The number of hydrogen-bond acceptors (Lipinski definition) is 5. The van der Waals surface area contributed by atoms with Gasteiger partial charge in [0.1, 0.15) is 19.0 Å². The van der Waals surface area contributed by atoms with Gasteiger partial charge in [-0.05, 0) is 68.6 Å². The topological polar surface area (TPSA) is 72.5 Å². The summed E-state index contributed by atoms with van der Waals surface area (Å²) >= 11 is 0. The Labute approximate surface area is 183 Å². The molecule has 1 fully saturated rings. The smallest absolute Gasteiger partial charge is 0.225 e. The van der Waals surface area contributed by atoms with E-state index < -0.39 is 0 Å². The molecule has 2 N–H and O–H groups in total. The van der Waals surface area contributed by atoms with Crippen molar-refractivity contribution in [2.75, 3.05) is 31.6 Å². The Hall–Kier alpha value is -2.02. The zero-order valence-electron chi connectivity index (χ0n) is 16.2. The molecule has 6 nitrogen and oxygen atoms in total. The summed E-state index contributed by atoms with van der Waals surface area (Å²) < 4.78 is 11.2. The first kappa shape index (κ1) is 23.3. The second-order valence-corrected chi connectivity index (χ2v) is 7.05. The van der Waals surface area contributed by atoms with Crippen LogP contribution in [0.25, 0.3) is 11.3 Å². The number of nitrogens with one attached hydrogen (secondary N) is 2. The van der Waals surface area contributed by atoms with E-state index in [0.717, 1.165) is 55.1 Å². The molecule has 158 valence electrons. The molecule has 1 saturated heterocycles. The van der Waals surface area contributed by atoms with E-state index in [2.05, 4.69) is 15.6 Å². The van der Waals surface area contributed by atoms with Crippen LogP contribution >= 0.6 is 24.8 Å². The normalized spacial score (nSPS) is 15.6. The molecule has 0 atom stereocenters. The number of benzene rings is 1. The predicted molar refractivity (Wildman–Crippen MR) is 119 cm³/mol. The maximum Gasteiger partial charge on any atom is 0.225 e. The fraction of sp³-hybridized carbons (Fsp3) is 0.429. The summed E-state index contributed by atoms with van der Waals surface area (Å²) in [4.78, 5) is 16.9. The average molecular weight is 440 g/mol. The molecule has 3 heterocycles. The molecule has 8 heteroatoms. The highest BCUT2D eigenvalue weighted by molar-refractivity contribution is 5.90. The molecule has 2 aromatic rings. The number of nitrogens with zero attached hydrogens (tertiary/aromatic N) is 1. The van der Waals surface area contributed by atoms with Crippen LogP contribution in [0, 0.1) is 5.92 Å². The fourth-order valence-electron chi connectivity index (χ4n) is 3.58. The van der Waals surface area contributed by atoms with Crippen LogP contribution in [0.3, 0.4) is 0 Å². The van der Waals surface area contributed by atoms with Crippen LogP contribution in [-0.2, 0) is 4.79 Å². The van der Waals surface area contributed by atoms with Gasteiger partial charge in [0, 0.05) is 12.0 Å². The van der Waals surface area contributed by atoms with E-state index in [1.807, 2.05) is 36.4 Å². The molecule has 0 unspecified atom stereocenters. The van der Waals surface area contributed by atoms with E-state index in [1.54, 1.807) is 0 Å². The largest absolute Gasteiger partial charge is 0.486 e. The Kier molecular flexibility index (Phi) is 9.01. The van der Waals surface area contributed by atoms with Crippen molar-refractivity contribution in [3.05, 3.63) is 36.4 Å². The number of fused-ring (bicyclic) bond motifs is 1. The highest BCUT2D eigenvalue weighted by atomic mass is 35.5. The van der Waals surface area contributed by atoms with Gasteiger partial charge >= 0.3 is 0 Å². The van der Waals surface area contributed by atoms with E-state index in [-0.39, 0.29) is 30.7 Å². The Morgan fingerprint density at radius 1 is 1.07 bits per heavy atom. The molecule has 0 saturated carbocycles. The highest BCUT2D eigenvalue weighted by Gasteiger charge is 2.16. The Morgan fingerprint density at radius 2 is 1.83 bits per heavy atom. The number of piperidine rings is 1. The molecule has 4 rings (SSSR count). The van der Waals surface area contributed by atoms with E-state index in [1.165, 1.54) is 0 Å². The lowest BCUT2D eigenvalue weighted by Gasteiger charge is -2.22. The van der Waals surface area contributed by atoms with Gasteiger partial charge in [-0.3, -0.25) is 4.79 Å². The summed E-state index contributed by atoms with van der Waals surface area (Å²) in [5.41, 5.74) is 1.73. The number of hydrogen-bond donors (Lipinski definition) is 2. The van der Waals surface area contributed by atoms with Crippen LogP contribution in [-0.4, -0.2) is 37.2 Å². The van der Waals surface area contributed by atoms with Gasteiger partial charge in [0.25, 0.3) is 0 Å². The average Bonchev–Trinajstić information content (AvgIpc) is 2.73. The van der Waals surface area contributed by atoms with Crippen molar-refractivity contribution < 1.29 is 14.3 Å². The van der Waals surface area contributed by atoms with Crippen LogP contribution in [0.2, 0.25) is 0 Å². The van der Waals surface area contributed by atoms with Crippen molar-refractivity contribution >= 4 is 36.5 Å². The van der Waals surface area contributed by atoms with Crippen molar-refractivity contribution in [1.82, 2.24) is 10.3 Å². The van der Waals surface area contributed by atoms with Crippen LogP contribution < -0.4 is 20.1 Å². The lowest BCUT2D eigenvalue weighted by atomic mass is 9.93. The first-order valence-electron chi connectivity index (χ1n) is 9.65. The zero-order valence-corrected chi connectivity index (χ0v) is 17.8. The third-order valence-electron chi connectivity index (χ3n) is 5.09. The Morgan fingerprint density at radius 3 is 2.62 bits per heavy atom. The Bertz CT molecular complexity index is 814. The summed E-state index contributed by atoms with van der Waals surface area (Å²) in [6, 6.07) is 11.4. The molecular weight excluding hydrogens is 413 g/mol. The van der Waals surface area contributed by atoms with E-state index in [0.29, 0.717) is 31.4 Å². The zero-order chi connectivity index (χ0) is 18.5. The number of carbonyl (C=O) groups excluding carboxylic acids is 1. The lowest BCUT2D eigenvalue weighted by molar-refractivity contribution is -0.116. The lowest BCUT2D eigenvalue weighted by Crippen LogP contribution is -2.28. The molecule has 1 aromatic carbocycles. The molecule has 29 heavy (non-hydrogen) atoms. The van der Waals surface area contributed by atoms with Crippen molar-refractivity contribution in [2.24, 2.45) is 5.92 Å². The first-order valence-corrected chi connectivity index (χ1v) is 9.65. The fourth-order valence-corrected chi connectivity index (χ4v) is 3.58. The second kappa shape index (κ2) is 11.2. The Balaban J connectivity index is 0.00000150. The van der Waals surface area contributed by atoms with Gasteiger partial charge in [-0.25, -0.2) is 4.98 Å². The van der Waals surface area contributed by atoms with Gasteiger partial charge < -0.3 is 20.1 Å². The predicted octanol–water partition coefficient (Wildman–Crippen LogP) is 4.08. The van der Waals surface area contributed by atoms with Gasteiger partial charge in [0.15, 0.2) is 11.5 Å². The minimum atomic E-state index is 0. The van der Waals surface area contributed by atoms with Crippen LogP contribution in [0.15, 0.2) is 36.4 Å². The third-order valence-corrected chi connectivity index (χ3v) is 5.09. The highest BCUT2D eigenvalue weighted by Crippen LogP contribution is 2.34. The SMILES string of the molecule is Cl.Cl.O=C(CCC1CCNCC1)Nc1cccc(-c2ccc3c(c2)OCCO3)n1. The summed E-state index contributed by atoms with van der Waals surface area (Å²) in [6.45, 7) is 3.25. The van der Waals surface area contributed by atoms with Crippen LogP contribution in [0.1, 0.15) is 25.7 Å². The molecular formula is C21H27Cl2N3O3.